The second kappa shape index (κ2) is 7.08. The Morgan fingerprint density at radius 2 is 1.76 bits per heavy atom. The number of halogens is 3. The lowest BCUT2D eigenvalue weighted by Crippen LogP contribution is -2.39. The van der Waals surface area contributed by atoms with Crippen molar-refractivity contribution in [3.63, 3.8) is 0 Å². The predicted molar refractivity (Wildman–Crippen MR) is 101 cm³/mol. The predicted octanol–water partition coefficient (Wildman–Crippen LogP) is 4.40. The Hall–Kier alpha value is -2.01. The zero-order valence-electron chi connectivity index (χ0n) is 13.3. The maximum Gasteiger partial charge on any atom is 0.355 e. The fourth-order valence-corrected chi connectivity index (χ4v) is 2.97. The maximum atomic E-state index is 12.5. The number of ketones is 1. The molecule has 0 aliphatic carbocycles. The van der Waals surface area contributed by atoms with Gasteiger partial charge in [-0.1, -0.05) is 34.8 Å². The molecule has 7 heteroatoms. The topological polar surface area (TPSA) is 51.9 Å². The Labute approximate surface area is 160 Å². The summed E-state index contributed by atoms with van der Waals surface area (Å²) >= 11 is 17.9. The standard InChI is InChI=1S/C18H14Cl3N3O/c1-23-16(12-4-7-14(20)15(21)8-12)9-24(18(23)22)10-17(25)11-2-5-13(19)6-3-11/h2-9,22H,10H2,1H3/p+1. The molecule has 1 aromatic heterocycles. The molecule has 3 rings (SSSR count). The van der Waals surface area contributed by atoms with Gasteiger partial charge < -0.3 is 0 Å². The van der Waals surface area contributed by atoms with Crippen LogP contribution in [0.15, 0.2) is 48.7 Å². The lowest BCUT2D eigenvalue weighted by Gasteiger charge is -2.01. The van der Waals surface area contributed by atoms with Gasteiger partial charge in [-0.3, -0.25) is 10.5 Å². The van der Waals surface area contributed by atoms with Crippen LogP contribution in [0.2, 0.25) is 15.1 Å². The number of carbonyl (C=O) groups is 1. The molecule has 0 saturated heterocycles. The molecule has 0 aliphatic heterocycles. The first-order valence-corrected chi connectivity index (χ1v) is 8.59. The maximum absolute atomic E-state index is 12.5. The quantitative estimate of drug-likeness (QED) is 0.525. The molecule has 2 N–H and O–H groups in total. The Bertz CT molecular complexity index is 949. The number of hydrogen-bond donors (Lipinski definition) is 1. The molecular weight excluding hydrogens is 381 g/mol. The van der Waals surface area contributed by atoms with E-state index in [1.807, 2.05) is 19.3 Å². The zero-order chi connectivity index (χ0) is 18.1. The summed E-state index contributed by atoms with van der Waals surface area (Å²) in [6.07, 6.45) is 1.82. The molecule has 4 nitrogen and oxygen atoms in total. The van der Waals surface area contributed by atoms with Crippen molar-refractivity contribution in [2.45, 2.75) is 6.54 Å². The molecule has 128 valence electrons. The van der Waals surface area contributed by atoms with Crippen molar-refractivity contribution in [3.8, 4) is 11.3 Å². The normalized spacial score (nSPS) is 10.9. The number of rotatable bonds is 4. The summed E-state index contributed by atoms with van der Waals surface area (Å²) < 4.78 is 3.50. The van der Waals surface area contributed by atoms with Gasteiger partial charge >= 0.3 is 5.95 Å². The van der Waals surface area contributed by atoms with E-state index in [0.717, 1.165) is 11.3 Å². The molecule has 3 aromatic rings. The van der Waals surface area contributed by atoms with Gasteiger partial charge in [0.1, 0.15) is 18.4 Å². The third-order valence-electron chi connectivity index (χ3n) is 3.97. The molecule has 0 amide bonds. The fraction of sp³-hybridized carbons (Fsp3) is 0.111. The number of nitrogen functional groups attached to an aromatic ring is 1. The molecular formula is C18H15Cl3N3O+. The summed E-state index contributed by atoms with van der Waals surface area (Å²) in [7, 11) is 1.83. The van der Waals surface area contributed by atoms with E-state index in [0.29, 0.717) is 26.6 Å². The lowest BCUT2D eigenvalue weighted by atomic mass is 10.1. The van der Waals surface area contributed by atoms with Crippen LogP contribution >= 0.6 is 34.8 Å². The van der Waals surface area contributed by atoms with E-state index in [1.54, 1.807) is 45.5 Å². The smallest absolute Gasteiger partial charge is 0.291 e. The van der Waals surface area contributed by atoms with Gasteiger partial charge in [0.25, 0.3) is 0 Å². The van der Waals surface area contributed by atoms with Crippen LogP contribution in [-0.2, 0) is 13.6 Å². The average Bonchev–Trinajstić information content (AvgIpc) is 2.86. The SMILES string of the molecule is Cn1c(-c2ccc(Cl)c(Cl)c2)c[n+](CC(=O)c2ccc(Cl)cc2)c1N. The minimum absolute atomic E-state index is 0.0559. The third kappa shape index (κ3) is 3.66. The van der Waals surface area contributed by atoms with Gasteiger partial charge in [0.15, 0.2) is 5.78 Å². The number of Topliss-reactive ketones (excluding diaryl/α,β-unsaturated/α-hetero) is 1. The van der Waals surface area contributed by atoms with Crippen LogP contribution in [0.5, 0.6) is 0 Å². The number of aromatic nitrogens is 2. The second-order valence-corrected chi connectivity index (χ2v) is 6.87. The third-order valence-corrected chi connectivity index (χ3v) is 4.96. The molecule has 0 saturated carbocycles. The number of benzene rings is 2. The van der Waals surface area contributed by atoms with Gasteiger partial charge in [-0.15, -0.1) is 0 Å². The number of nitrogens with two attached hydrogens (primary N) is 1. The molecule has 0 aliphatic rings. The largest absolute Gasteiger partial charge is 0.355 e. The Kier molecular flexibility index (Phi) is 5.04. The van der Waals surface area contributed by atoms with Gasteiger partial charge in [0.2, 0.25) is 0 Å². The van der Waals surface area contributed by atoms with Crippen molar-refractivity contribution < 1.29 is 9.36 Å². The average molecular weight is 396 g/mol. The van der Waals surface area contributed by atoms with Crippen molar-refractivity contribution in [1.82, 2.24) is 4.57 Å². The molecule has 1 heterocycles. The highest BCUT2D eigenvalue weighted by molar-refractivity contribution is 6.42. The molecule has 0 spiro atoms. The van der Waals surface area contributed by atoms with E-state index < -0.39 is 0 Å². The van der Waals surface area contributed by atoms with Crippen LogP contribution in [0.1, 0.15) is 10.4 Å². The Morgan fingerprint density at radius 1 is 1.08 bits per heavy atom. The second-order valence-electron chi connectivity index (χ2n) is 5.62. The first kappa shape index (κ1) is 17.8. The number of imidazole rings is 1. The van der Waals surface area contributed by atoms with Gasteiger partial charge in [-0.05, 0) is 42.5 Å². The molecule has 2 aromatic carbocycles. The minimum Gasteiger partial charge on any atom is -0.291 e. The van der Waals surface area contributed by atoms with E-state index in [4.69, 9.17) is 40.5 Å². The van der Waals surface area contributed by atoms with Gasteiger partial charge in [0.05, 0.1) is 17.1 Å². The van der Waals surface area contributed by atoms with Crippen molar-refractivity contribution in [2.24, 2.45) is 7.05 Å². The van der Waals surface area contributed by atoms with Gasteiger partial charge in [0, 0.05) is 16.1 Å². The van der Waals surface area contributed by atoms with E-state index in [9.17, 15) is 4.79 Å². The molecule has 0 bridgehead atoms. The van der Waals surface area contributed by atoms with Crippen LogP contribution < -0.4 is 10.3 Å². The van der Waals surface area contributed by atoms with Crippen LogP contribution in [-0.4, -0.2) is 10.4 Å². The summed E-state index contributed by atoms with van der Waals surface area (Å²) in [5.41, 5.74) is 8.43. The van der Waals surface area contributed by atoms with Gasteiger partial charge in [-0.2, -0.15) is 0 Å². The van der Waals surface area contributed by atoms with Crippen molar-refractivity contribution in [3.05, 3.63) is 69.3 Å². The van der Waals surface area contributed by atoms with Crippen molar-refractivity contribution in [1.29, 1.82) is 0 Å². The molecule has 0 unspecified atom stereocenters. The summed E-state index contributed by atoms with van der Waals surface area (Å²) in [5, 5.41) is 1.53. The molecule has 0 radical (unpaired) electrons. The van der Waals surface area contributed by atoms with E-state index >= 15 is 0 Å². The first-order chi connectivity index (χ1) is 11.9. The van der Waals surface area contributed by atoms with Crippen LogP contribution in [0, 0.1) is 0 Å². The Balaban J connectivity index is 1.92. The lowest BCUT2D eigenvalue weighted by molar-refractivity contribution is -0.667. The van der Waals surface area contributed by atoms with Crippen LogP contribution in [0.4, 0.5) is 5.95 Å². The number of hydrogen-bond acceptors (Lipinski definition) is 2. The molecule has 0 atom stereocenters. The summed E-state index contributed by atoms with van der Waals surface area (Å²) in [4.78, 5) is 12.5. The van der Waals surface area contributed by atoms with E-state index in [2.05, 4.69) is 0 Å². The Morgan fingerprint density at radius 3 is 2.40 bits per heavy atom. The molecule has 0 fully saturated rings. The molecule has 25 heavy (non-hydrogen) atoms. The van der Waals surface area contributed by atoms with E-state index in [1.165, 1.54) is 0 Å². The number of nitrogens with zero attached hydrogens (tertiary/aromatic N) is 2. The van der Waals surface area contributed by atoms with Crippen LogP contribution in [0.25, 0.3) is 11.3 Å². The van der Waals surface area contributed by atoms with Gasteiger partial charge in [-0.25, -0.2) is 9.13 Å². The monoisotopic (exact) mass is 394 g/mol. The highest BCUT2D eigenvalue weighted by atomic mass is 35.5. The summed E-state index contributed by atoms with van der Waals surface area (Å²) in [5.74, 6) is 0.406. The van der Waals surface area contributed by atoms with Crippen molar-refractivity contribution >= 4 is 46.5 Å². The van der Waals surface area contributed by atoms with Crippen molar-refractivity contribution in [2.75, 3.05) is 5.73 Å². The highest BCUT2D eigenvalue weighted by Crippen LogP contribution is 2.28. The summed E-state index contributed by atoms with van der Waals surface area (Å²) in [6.45, 7) is 0.128. The zero-order valence-corrected chi connectivity index (χ0v) is 15.6. The van der Waals surface area contributed by atoms with E-state index in [-0.39, 0.29) is 12.3 Å². The fourth-order valence-electron chi connectivity index (χ4n) is 2.55. The first-order valence-electron chi connectivity index (χ1n) is 7.45. The highest BCUT2D eigenvalue weighted by Gasteiger charge is 2.20. The number of anilines is 1. The van der Waals surface area contributed by atoms with Crippen LogP contribution in [0.3, 0.4) is 0 Å². The number of carbonyl (C=O) groups excluding carboxylic acids is 1. The summed E-state index contributed by atoms with van der Waals surface area (Å²) in [6, 6.07) is 12.1. The minimum atomic E-state index is -0.0559.